The van der Waals surface area contributed by atoms with E-state index in [-0.39, 0.29) is 6.04 Å². The molecule has 3 rings (SSSR count). The van der Waals surface area contributed by atoms with Crippen molar-refractivity contribution in [3.05, 3.63) is 101 Å². The zero-order valence-corrected chi connectivity index (χ0v) is 16.2. The van der Waals surface area contributed by atoms with Crippen molar-refractivity contribution < 1.29 is 0 Å². The Labute approximate surface area is 161 Å². The van der Waals surface area contributed by atoms with Gasteiger partial charge in [-0.15, -0.1) is 0 Å². The van der Waals surface area contributed by atoms with Gasteiger partial charge in [0.1, 0.15) is 0 Å². The molecule has 3 aromatic rings. The molecule has 0 saturated heterocycles. The molecule has 0 aliphatic carbocycles. The molecule has 0 aromatic heterocycles. The fraction of sp³-hybridized carbons (Fsp3) is 0.174. The number of thiocarbonyl (C=S) groups is 1. The molecule has 0 radical (unpaired) electrons. The van der Waals surface area contributed by atoms with Crippen LogP contribution in [-0.4, -0.2) is 5.11 Å². The van der Waals surface area contributed by atoms with Gasteiger partial charge in [0, 0.05) is 5.69 Å². The first kappa shape index (κ1) is 18.2. The predicted octanol–water partition coefficient (Wildman–Crippen LogP) is 5.69. The Morgan fingerprint density at radius 3 is 2.15 bits per heavy atom. The molecule has 0 saturated carbocycles. The van der Waals surface area contributed by atoms with Gasteiger partial charge in [-0.2, -0.15) is 0 Å². The van der Waals surface area contributed by atoms with E-state index in [0.717, 1.165) is 5.69 Å². The van der Waals surface area contributed by atoms with Crippen LogP contribution in [0.3, 0.4) is 0 Å². The number of rotatable bonds is 4. The molecular formula is C23H24N2S. The Morgan fingerprint density at radius 1 is 0.769 bits per heavy atom. The van der Waals surface area contributed by atoms with Gasteiger partial charge in [0.25, 0.3) is 0 Å². The molecule has 26 heavy (non-hydrogen) atoms. The highest BCUT2D eigenvalue weighted by Gasteiger charge is 2.15. The first-order valence-corrected chi connectivity index (χ1v) is 9.20. The lowest BCUT2D eigenvalue weighted by molar-refractivity contribution is 0.767. The zero-order chi connectivity index (χ0) is 18.5. The number of hydrogen-bond acceptors (Lipinski definition) is 1. The molecular weight excluding hydrogens is 336 g/mol. The van der Waals surface area contributed by atoms with Gasteiger partial charge < -0.3 is 10.6 Å². The summed E-state index contributed by atoms with van der Waals surface area (Å²) in [5, 5.41) is 7.45. The summed E-state index contributed by atoms with van der Waals surface area (Å²) in [6, 6.07) is 25.2. The molecule has 1 atom stereocenters. The van der Waals surface area contributed by atoms with Crippen molar-refractivity contribution in [3.63, 3.8) is 0 Å². The minimum Gasteiger partial charge on any atom is -0.352 e. The summed E-state index contributed by atoms with van der Waals surface area (Å²) in [6.07, 6.45) is 0. The standard InChI is InChI=1S/C23H24N2S/c1-16-8-7-11-20(15-16)22(19-9-5-4-6-10-19)25-23(26)24-21-13-12-17(2)14-18(21)3/h4-15,22H,1-3H3,(H2,24,25,26)/t22-/m0/s1. The molecule has 3 aromatic carbocycles. The number of aryl methyl sites for hydroxylation is 3. The van der Waals surface area contributed by atoms with Crippen molar-refractivity contribution in [2.75, 3.05) is 5.32 Å². The van der Waals surface area contributed by atoms with Gasteiger partial charge in [0.05, 0.1) is 6.04 Å². The smallest absolute Gasteiger partial charge is 0.171 e. The van der Waals surface area contributed by atoms with Crippen molar-refractivity contribution in [3.8, 4) is 0 Å². The number of benzene rings is 3. The minimum absolute atomic E-state index is 0.00172. The number of nitrogens with one attached hydrogen (secondary N) is 2. The summed E-state index contributed by atoms with van der Waals surface area (Å²) in [5.41, 5.74) is 7.07. The van der Waals surface area contributed by atoms with E-state index in [4.69, 9.17) is 12.2 Å². The van der Waals surface area contributed by atoms with Crippen LogP contribution in [0.4, 0.5) is 5.69 Å². The molecule has 2 N–H and O–H groups in total. The SMILES string of the molecule is Cc1cccc([C@@H](NC(=S)Nc2ccc(C)cc2C)c2ccccc2)c1. The second-order valence-electron chi connectivity index (χ2n) is 6.67. The summed E-state index contributed by atoms with van der Waals surface area (Å²) < 4.78 is 0. The average molecular weight is 361 g/mol. The molecule has 0 spiro atoms. The van der Waals surface area contributed by atoms with Crippen molar-refractivity contribution in [1.82, 2.24) is 5.32 Å². The molecule has 2 nitrogen and oxygen atoms in total. The van der Waals surface area contributed by atoms with E-state index < -0.39 is 0 Å². The second-order valence-corrected chi connectivity index (χ2v) is 7.08. The van der Waals surface area contributed by atoms with Crippen molar-refractivity contribution >= 4 is 23.0 Å². The number of hydrogen-bond donors (Lipinski definition) is 2. The first-order valence-electron chi connectivity index (χ1n) is 8.79. The molecule has 0 heterocycles. The van der Waals surface area contributed by atoms with Gasteiger partial charge in [-0.1, -0.05) is 77.9 Å². The molecule has 132 valence electrons. The molecule has 0 amide bonds. The summed E-state index contributed by atoms with van der Waals surface area (Å²) in [4.78, 5) is 0. The topological polar surface area (TPSA) is 24.1 Å². The van der Waals surface area contributed by atoms with Crippen molar-refractivity contribution in [1.29, 1.82) is 0 Å². The second kappa shape index (κ2) is 8.15. The van der Waals surface area contributed by atoms with Crippen LogP contribution >= 0.6 is 12.2 Å². The van der Waals surface area contributed by atoms with Crippen LogP contribution in [0.5, 0.6) is 0 Å². The van der Waals surface area contributed by atoms with Gasteiger partial charge in [-0.3, -0.25) is 0 Å². The molecule has 3 heteroatoms. The van der Waals surface area contributed by atoms with E-state index in [1.807, 2.05) is 6.07 Å². The average Bonchev–Trinajstić information content (AvgIpc) is 2.63. The van der Waals surface area contributed by atoms with Gasteiger partial charge in [0.2, 0.25) is 0 Å². The van der Waals surface area contributed by atoms with E-state index in [2.05, 4.69) is 98.1 Å². The Bertz CT molecular complexity index is 903. The van der Waals surface area contributed by atoms with E-state index in [1.165, 1.54) is 27.8 Å². The fourth-order valence-electron chi connectivity index (χ4n) is 3.10. The lowest BCUT2D eigenvalue weighted by Crippen LogP contribution is -2.33. The van der Waals surface area contributed by atoms with E-state index >= 15 is 0 Å². The van der Waals surface area contributed by atoms with Crippen molar-refractivity contribution in [2.24, 2.45) is 0 Å². The molecule has 0 aliphatic rings. The zero-order valence-electron chi connectivity index (χ0n) is 15.4. The van der Waals surface area contributed by atoms with Crippen LogP contribution in [-0.2, 0) is 0 Å². The summed E-state index contributed by atoms with van der Waals surface area (Å²) in [5.74, 6) is 0. The highest BCUT2D eigenvalue weighted by molar-refractivity contribution is 7.80. The van der Waals surface area contributed by atoms with E-state index in [0.29, 0.717) is 5.11 Å². The monoisotopic (exact) mass is 360 g/mol. The third kappa shape index (κ3) is 4.50. The van der Waals surface area contributed by atoms with Gasteiger partial charge in [0.15, 0.2) is 5.11 Å². The Hall–Kier alpha value is -2.65. The van der Waals surface area contributed by atoms with Crippen LogP contribution in [0, 0.1) is 20.8 Å². The fourth-order valence-corrected chi connectivity index (χ4v) is 3.33. The molecule has 0 bridgehead atoms. The number of anilines is 1. The minimum atomic E-state index is 0.00172. The van der Waals surface area contributed by atoms with Crippen LogP contribution < -0.4 is 10.6 Å². The van der Waals surface area contributed by atoms with Crippen molar-refractivity contribution in [2.45, 2.75) is 26.8 Å². The van der Waals surface area contributed by atoms with E-state index in [9.17, 15) is 0 Å². The molecule has 0 unspecified atom stereocenters. The maximum absolute atomic E-state index is 5.62. The van der Waals surface area contributed by atoms with Crippen LogP contribution in [0.15, 0.2) is 72.8 Å². The Balaban J connectivity index is 1.85. The third-order valence-corrected chi connectivity index (χ3v) is 4.63. The predicted molar refractivity (Wildman–Crippen MR) is 115 cm³/mol. The molecule has 0 aliphatic heterocycles. The highest BCUT2D eigenvalue weighted by Crippen LogP contribution is 2.23. The Morgan fingerprint density at radius 2 is 1.46 bits per heavy atom. The molecule has 0 fully saturated rings. The van der Waals surface area contributed by atoms with Gasteiger partial charge in [-0.25, -0.2) is 0 Å². The van der Waals surface area contributed by atoms with Gasteiger partial charge in [-0.05, 0) is 55.7 Å². The lowest BCUT2D eigenvalue weighted by atomic mass is 9.97. The maximum Gasteiger partial charge on any atom is 0.171 e. The quantitative estimate of drug-likeness (QED) is 0.585. The lowest BCUT2D eigenvalue weighted by Gasteiger charge is -2.23. The summed E-state index contributed by atoms with van der Waals surface area (Å²) >= 11 is 5.62. The summed E-state index contributed by atoms with van der Waals surface area (Å²) in [6.45, 7) is 6.29. The Kier molecular flexibility index (Phi) is 5.69. The summed E-state index contributed by atoms with van der Waals surface area (Å²) in [7, 11) is 0. The third-order valence-electron chi connectivity index (χ3n) is 4.41. The van der Waals surface area contributed by atoms with E-state index in [1.54, 1.807) is 0 Å². The van der Waals surface area contributed by atoms with Crippen LogP contribution in [0.25, 0.3) is 0 Å². The highest BCUT2D eigenvalue weighted by atomic mass is 32.1. The maximum atomic E-state index is 5.62. The van der Waals surface area contributed by atoms with Crippen LogP contribution in [0.1, 0.15) is 33.9 Å². The normalized spacial score (nSPS) is 11.7. The van der Waals surface area contributed by atoms with Crippen LogP contribution in [0.2, 0.25) is 0 Å². The largest absolute Gasteiger partial charge is 0.352 e. The van der Waals surface area contributed by atoms with Gasteiger partial charge >= 0.3 is 0 Å². The first-order chi connectivity index (χ1) is 12.5.